The molecule has 11 aromatic rings. The standard InChI is InChI=1S/C50H28N6O/c51-29-30-17-19-31(20-18-30)39-27-41-38-15-8-24-53-47(38)40(28-42(41)37-14-7-23-52-46(37)39)33-11-6-12-34(25-33)49-54-48(32-9-2-1-3-10-32)55-50(56-49)35-21-22-45-43(26-35)36-13-4-5-16-44(36)57-45/h1-28H. The minimum absolute atomic E-state index is 0.567. The van der Waals surface area contributed by atoms with Crippen molar-refractivity contribution in [3.8, 4) is 62.5 Å². The molecule has 7 nitrogen and oxygen atoms in total. The van der Waals surface area contributed by atoms with Crippen molar-refractivity contribution in [1.29, 1.82) is 5.26 Å². The van der Waals surface area contributed by atoms with Gasteiger partial charge in [-0.15, -0.1) is 0 Å². The molecule has 0 amide bonds. The largest absolute Gasteiger partial charge is 0.456 e. The molecule has 264 valence electrons. The Kier molecular flexibility index (Phi) is 7.41. The summed E-state index contributed by atoms with van der Waals surface area (Å²) < 4.78 is 6.13. The molecule has 0 atom stereocenters. The first kappa shape index (κ1) is 32.4. The highest BCUT2D eigenvalue weighted by atomic mass is 16.3. The van der Waals surface area contributed by atoms with Crippen LogP contribution in [-0.4, -0.2) is 24.9 Å². The average molecular weight is 729 g/mol. The Morgan fingerprint density at radius 1 is 0.386 bits per heavy atom. The predicted octanol–water partition coefficient (Wildman–Crippen LogP) is 12.2. The van der Waals surface area contributed by atoms with Crippen molar-refractivity contribution >= 4 is 54.5 Å². The highest BCUT2D eigenvalue weighted by molar-refractivity contribution is 6.22. The van der Waals surface area contributed by atoms with E-state index in [1.807, 2.05) is 122 Å². The first-order valence-corrected chi connectivity index (χ1v) is 18.6. The van der Waals surface area contributed by atoms with Crippen LogP contribution in [0.5, 0.6) is 0 Å². The van der Waals surface area contributed by atoms with Crippen molar-refractivity contribution in [2.75, 3.05) is 0 Å². The maximum absolute atomic E-state index is 9.42. The van der Waals surface area contributed by atoms with Gasteiger partial charge in [0.15, 0.2) is 17.5 Å². The van der Waals surface area contributed by atoms with Gasteiger partial charge in [0.2, 0.25) is 0 Å². The molecule has 0 N–H and O–H groups in total. The third-order valence-corrected chi connectivity index (χ3v) is 10.6. The lowest BCUT2D eigenvalue weighted by atomic mass is 9.90. The third-order valence-electron chi connectivity index (χ3n) is 10.6. The molecule has 0 aliphatic heterocycles. The van der Waals surface area contributed by atoms with Crippen molar-refractivity contribution in [2.24, 2.45) is 0 Å². The molecule has 11 rings (SSSR count). The van der Waals surface area contributed by atoms with Crippen molar-refractivity contribution in [3.63, 3.8) is 0 Å². The quantitative estimate of drug-likeness (QED) is 0.163. The fourth-order valence-electron chi connectivity index (χ4n) is 7.91. The number of benzene rings is 7. The molecule has 57 heavy (non-hydrogen) atoms. The van der Waals surface area contributed by atoms with Crippen LogP contribution in [0.4, 0.5) is 0 Å². The van der Waals surface area contributed by atoms with E-state index >= 15 is 0 Å². The Morgan fingerprint density at radius 2 is 0.930 bits per heavy atom. The summed E-state index contributed by atoms with van der Waals surface area (Å²) in [4.78, 5) is 25.0. The summed E-state index contributed by atoms with van der Waals surface area (Å²) in [5.74, 6) is 1.73. The van der Waals surface area contributed by atoms with Gasteiger partial charge in [-0.2, -0.15) is 5.26 Å². The van der Waals surface area contributed by atoms with Crippen LogP contribution >= 0.6 is 0 Å². The Balaban J connectivity index is 1.10. The van der Waals surface area contributed by atoms with Crippen molar-refractivity contribution < 1.29 is 4.42 Å². The molecule has 4 heterocycles. The third kappa shape index (κ3) is 5.47. The van der Waals surface area contributed by atoms with Crippen LogP contribution in [0.3, 0.4) is 0 Å². The molecule has 0 aliphatic rings. The van der Waals surface area contributed by atoms with E-state index in [-0.39, 0.29) is 0 Å². The number of para-hydroxylation sites is 1. The molecule has 0 radical (unpaired) electrons. The van der Waals surface area contributed by atoms with E-state index in [1.54, 1.807) is 0 Å². The number of aromatic nitrogens is 5. The average Bonchev–Trinajstić information content (AvgIpc) is 3.67. The van der Waals surface area contributed by atoms with E-state index in [9.17, 15) is 5.26 Å². The highest BCUT2D eigenvalue weighted by Gasteiger charge is 2.18. The van der Waals surface area contributed by atoms with Crippen molar-refractivity contribution in [3.05, 3.63) is 176 Å². The summed E-state index contributed by atoms with van der Waals surface area (Å²) in [7, 11) is 0. The first-order chi connectivity index (χ1) is 28.2. The monoisotopic (exact) mass is 728 g/mol. The summed E-state index contributed by atoms with van der Waals surface area (Å²) in [5, 5.41) is 15.7. The van der Waals surface area contributed by atoms with Gasteiger partial charge in [0.05, 0.1) is 22.7 Å². The van der Waals surface area contributed by atoms with Gasteiger partial charge in [-0.25, -0.2) is 15.0 Å². The molecule has 7 aromatic carbocycles. The molecule has 7 heteroatoms. The summed E-state index contributed by atoms with van der Waals surface area (Å²) in [6.07, 6.45) is 3.67. The minimum atomic E-state index is 0.567. The number of rotatable bonds is 5. The highest BCUT2D eigenvalue weighted by Crippen LogP contribution is 2.41. The fourth-order valence-corrected chi connectivity index (χ4v) is 7.91. The van der Waals surface area contributed by atoms with Gasteiger partial charge in [-0.05, 0) is 88.6 Å². The molecule has 0 unspecified atom stereocenters. The van der Waals surface area contributed by atoms with Gasteiger partial charge in [-0.1, -0.05) is 91.0 Å². The molecule has 4 aromatic heterocycles. The Labute approximate surface area is 326 Å². The number of pyridine rings is 2. The zero-order valence-corrected chi connectivity index (χ0v) is 30.3. The van der Waals surface area contributed by atoms with Crippen LogP contribution in [0.1, 0.15) is 5.56 Å². The van der Waals surface area contributed by atoms with E-state index < -0.39 is 0 Å². The molecule has 0 bridgehead atoms. The maximum Gasteiger partial charge on any atom is 0.164 e. The van der Waals surface area contributed by atoms with Gasteiger partial charge in [0, 0.05) is 61.8 Å². The molecule has 0 saturated heterocycles. The predicted molar refractivity (Wildman–Crippen MR) is 227 cm³/mol. The smallest absolute Gasteiger partial charge is 0.164 e. The Hall–Kier alpha value is -8.08. The number of nitriles is 1. The van der Waals surface area contributed by atoms with Crippen LogP contribution in [0.25, 0.3) is 111 Å². The maximum atomic E-state index is 9.42. The minimum Gasteiger partial charge on any atom is -0.456 e. The van der Waals surface area contributed by atoms with Gasteiger partial charge in [0.1, 0.15) is 11.2 Å². The van der Waals surface area contributed by atoms with E-state index in [1.165, 1.54) is 0 Å². The summed E-state index contributed by atoms with van der Waals surface area (Å²) >= 11 is 0. The number of furan rings is 1. The van der Waals surface area contributed by atoms with Crippen LogP contribution in [0.15, 0.2) is 175 Å². The lowest BCUT2D eigenvalue weighted by molar-refractivity contribution is 0.669. The molecular formula is C50H28N6O. The Morgan fingerprint density at radius 3 is 1.63 bits per heavy atom. The molecule has 0 saturated carbocycles. The van der Waals surface area contributed by atoms with Crippen LogP contribution in [-0.2, 0) is 0 Å². The fraction of sp³-hybridized carbons (Fsp3) is 0. The van der Waals surface area contributed by atoms with Crippen LogP contribution in [0, 0.1) is 11.3 Å². The molecule has 0 fully saturated rings. The van der Waals surface area contributed by atoms with E-state index in [0.29, 0.717) is 23.0 Å². The number of nitrogens with zero attached hydrogens (tertiary/aromatic N) is 6. The topological polar surface area (TPSA) is 101 Å². The lowest BCUT2D eigenvalue weighted by Gasteiger charge is -2.15. The molecule has 0 spiro atoms. The zero-order chi connectivity index (χ0) is 37.9. The van der Waals surface area contributed by atoms with Crippen LogP contribution in [0.2, 0.25) is 0 Å². The van der Waals surface area contributed by atoms with Crippen LogP contribution < -0.4 is 0 Å². The van der Waals surface area contributed by atoms with Crippen molar-refractivity contribution in [2.45, 2.75) is 0 Å². The van der Waals surface area contributed by atoms with Gasteiger partial charge < -0.3 is 4.42 Å². The molecule has 0 aliphatic carbocycles. The number of hydrogen-bond donors (Lipinski definition) is 0. The summed E-state index contributed by atoms with van der Waals surface area (Å²) in [6.45, 7) is 0. The zero-order valence-electron chi connectivity index (χ0n) is 30.3. The van der Waals surface area contributed by atoms with Crippen molar-refractivity contribution in [1.82, 2.24) is 24.9 Å². The normalized spacial score (nSPS) is 11.5. The second-order valence-corrected chi connectivity index (χ2v) is 14.0. The summed E-state index contributed by atoms with van der Waals surface area (Å²) in [6, 6.07) is 55.1. The second kappa shape index (κ2) is 13.0. The summed E-state index contributed by atoms with van der Waals surface area (Å²) in [5.41, 5.74) is 10.7. The number of fused-ring (bicyclic) bond motifs is 8. The lowest BCUT2D eigenvalue weighted by Crippen LogP contribution is -2.00. The second-order valence-electron chi connectivity index (χ2n) is 14.0. The van der Waals surface area contributed by atoms with E-state index in [4.69, 9.17) is 29.3 Å². The van der Waals surface area contributed by atoms with Gasteiger partial charge in [-0.3, -0.25) is 9.97 Å². The molecular weight excluding hydrogens is 701 g/mol. The Bertz CT molecular complexity index is 3420. The van der Waals surface area contributed by atoms with E-state index in [2.05, 4.69) is 54.6 Å². The number of hydrogen-bond acceptors (Lipinski definition) is 7. The first-order valence-electron chi connectivity index (χ1n) is 18.6. The van der Waals surface area contributed by atoms with Gasteiger partial charge >= 0.3 is 0 Å². The van der Waals surface area contributed by atoms with E-state index in [0.717, 1.165) is 93.5 Å². The SMILES string of the molecule is N#Cc1ccc(-c2cc3c4cccnc4c(-c4cccc(-c5nc(-c6ccccc6)nc(-c6ccc7oc8ccccc8c7c6)n5)c4)cc3c3cccnc23)cc1. The van der Waals surface area contributed by atoms with Gasteiger partial charge in [0.25, 0.3) is 0 Å².